The van der Waals surface area contributed by atoms with E-state index in [1.54, 1.807) is 0 Å². The van der Waals surface area contributed by atoms with Crippen molar-refractivity contribution in [3.8, 4) is 0 Å². The summed E-state index contributed by atoms with van der Waals surface area (Å²) in [5, 5.41) is 10.2. The first-order valence-corrected chi connectivity index (χ1v) is 4.40. The van der Waals surface area contributed by atoms with Gasteiger partial charge in [0.25, 0.3) is 0 Å². The minimum absolute atomic E-state index is 0. The maximum Gasteiger partial charge on any atom is 1.00 e. The Morgan fingerprint density at radius 1 is 1.42 bits per heavy atom. The molecule has 1 unspecified atom stereocenters. The van der Waals surface area contributed by atoms with Crippen molar-refractivity contribution in [1.29, 1.82) is 0 Å². The Morgan fingerprint density at radius 3 is 2.33 bits per heavy atom. The molecular formula is C9H17KO2. The molecule has 0 aliphatic heterocycles. The second kappa shape index (κ2) is 10.2. The van der Waals surface area contributed by atoms with E-state index in [4.69, 9.17) is 0 Å². The zero-order valence-electron chi connectivity index (χ0n) is 8.43. The molecule has 0 N–H and O–H groups in total. The third-order valence-corrected chi connectivity index (χ3v) is 2.00. The molecule has 0 saturated heterocycles. The summed E-state index contributed by atoms with van der Waals surface area (Å²) in [6, 6.07) is 0. The number of unbranched alkanes of at least 4 members (excludes halogenated alkanes) is 1. The second-order valence-electron chi connectivity index (χ2n) is 2.99. The van der Waals surface area contributed by atoms with Gasteiger partial charge in [0, 0.05) is 5.97 Å². The van der Waals surface area contributed by atoms with Crippen molar-refractivity contribution >= 4 is 5.97 Å². The van der Waals surface area contributed by atoms with E-state index in [0.717, 1.165) is 25.7 Å². The monoisotopic (exact) mass is 196 g/mol. The van der Waals surface area contributed by atoms with Crippen molar-refractivity contribution in [3.05, 3.63) is 0 Å². The summed E-state index contributed by atoms with van der Waals surface area (Å²) in [5.41, 5.74) is 0. The van der Waals surface area contributed by atoms with Crippen LogP contribution in [0.3, 0.4) is 0 Å². The van der Waals surface area contributed by atoms with Crippen LogP contribution in [0.25, 0.3) is 0 Å². The molecular weight excluding hydrogens is 179 g/mol. The van der Waals surface area contributed by atoms with Gasteiger partial charge in [-0.3, -0.25) is 0 Å². The number of carboxylic acids is 1. The van der Waals surface area contributed by atoms with Crippen molar-refractivity contribution in [2.45, 2.75) is 46.0 Å². The average Bonchev–Trinajstić information content (AvgIpc) is 1.97. The van der Waals surface area contributed by atoms with E-state index >= 15 is 0 Å². The van der Waals surface area contributed by atoms with Gasteiger partial charge in [-0.15, -0.1) is 0 Å². The molecule has 0 aromatic carbocycles. The smallest absolute Gasteiger partial charge is 0.550 e. The average molecular weight is 196 g/mol. The van der Waals surface area contributed by atoms with Crippen LogP contribution in [0.1, 0.15) is 46.0 Å². The molecule has 0 bridgehead atoms. The predicted molar refractivity (Wildman–Crippen MR) is 42.9 cm³/mol. The van der Waals surface area contributed by atoms with Crippen LogP contribution in [0.4, 0.5) is 0 Å². The molecule has 0 aromatic rings. The van der Waals surface area contributed by atoms with Crippen LogP contribution in [-0.4, -0.2) is 5.97 Å². The normalized spacial score (nSPS) is 11.8. The third-order valence-electron chi connectivity index (χ3n) is 2.00. The largest absolute Gasteiger partial charge is 1.00 e. The van der Waals surface area contributed by atoms with Crippen LogP contribution in [-0.2, 0) is 4.79 Å². The molecule has 3 heteroatoms. The number of hydrogen-bond acceptors (Lipinski definition) is 2. The molecule has 0 fully saturated rings. The van der Waals surface area contributed by atoms with E-state index < -0.39 is 5.97 Å². The van der Waals surface area contributed by atoms with Gasteiger partial charge in [0.2, 0.25) is 0 Å². The fraction of sp³-hybridized carbons (Fsp3) is 0.889. The second-order valence-corrected chi connectivity index (χ2v) is 2.99. The summed E-state index contributed by atoms with van der Waals surface area (Å²) in [6.45, 7) is 4.15. The summed E-state index contributed by atoms with van der Waals surface area (Å²) in [5.74, 6) is -0.576. The van der Waals surface area contributed by atoms with Gasteiger partial charge in [0.15, 0.2) is 0 Å². The maximum atomic E-state index is 10.2. The first-order chi connectivity index (χ1) is 5.20. The van der Waals surface area contributed by atoms with Crippen LogP contribution >= 0.6 is 0 Å². The standard InChI is InChI=1S/C9H18O2.K/c1-3-5-6-8(4-2)7-9(10)11;/h8H,3-7H2,1-2H3,(H,10,11);/q;+1/p-1. The number of rotatable bonds is 6. The zero-order valence-corrected chi connectivity index (χ0v) is 11.6. The van der Waals surface area contributed by atoms with Crippen molar-refractivity contribution in [2.24, 2.45) is 5.92 Å². The fourth-order valence-corrected chi connectivity index (χ4v) is 1.18. The Kier molecular flexibility index (Phi) is 13.2. The molecule has 0 radical (unpaired) electrons. The summed E-state index contributed by atoms with van der Waals surface area (Å²) in [7, 11) is 0. The zero-order chi connectivity index (χ0) is 8.69. The van der Waals surface area contributed by atoms with E-state index in [-0.39, 0.29) is 57.8 Å². The molecule has 12 heavy (non-hydrogen) atoms. The van der Waals surface area contributed by atoms with Gasteiger partial charge >= 0.3 is 51.4 Å². The molecule has 1 atom stereocenters. The topological polar surface area (TPSA) is 40.1 Å². The van der Waals surface area contributed by atoms with Gasteiger partial charge in [-0.1, -0.05) is 39.5 Å². The summed E-state index contributed by atoms with van der Waals surface area (Å²) >= 11 is 0. The van der Waals surface area contributed by atoms with Crippen LogP contribution in [0, 0.1) is 5.92 Å². The van der Waals surface area contributed by atoms with Gasteiger partial charge < -0.3 is 9.90 Å². The van der Waals surface area contributed by atoms with Gasteiger partial charge in [-0.25, -0.2) is 0 Å². The molecule has 0 aliphatic carbocycles. The van der Waals surface area contributed by atoms with Gasteiger partial charge in [-0.2, -0.15) is 0 Å². The van der Waals surface area contributed by atoms with Crippen LogP contribution in [0.2, 0.25) is 0 Å². The Hall–Kier alpha value is 1.11. The van der Waals surface area contributed by atoms with E-state index in [1.165, 1.54) is 0 Å². The van der Waals surface area contributed by atoms with Crippen molar-refractivity contribution in [2.75, 3.05) is 0 Å². The molecule has 2 nitrogen and oxygen atoms in total. The minimum Gasteiger partial charge on any atom is -0.550 e. The Balaban J connectivity index is 0. The van der Waals surface area contributed by atoms with Gasteiger partial charge in [-0.05, 0) is 12.3 Å². The Morgan fingerprint density at radius 2 is 2.00 bits per heavy atom. The minimum atomic E-state index is -0.909. The van der Waals surface area contributed by atoms with E-state index in [1.807, 2.05) is 6.92 Å². The molecule has 66 valence electrons. The molecule has 0 amide bonds. The summed E-state index contributed by atoms with van der Waals surface area (Å²) in [4.78, 5) is 10.2. The molecule has 0 heterocycles. The Labute approximate surface area is 118 Å². The fourth-order valence-electron chi connectivity index (χ4n) is 1.18. The number of hydrogen-bond donors (Lipinski definition) is 0. The SMILES string of the molecule is CCCCC(CC)CC(=O)[O-].[K+]. The van der Waals surface area contributed by atoms with Crippen molar-refractivity contribution < 1.29 is 61.3 Å². The van der Waals surface area contributed by atoms with Gasteiger partial charge in [0.1, 0.15) is 0 Å². The molecule has 0 aromatic heterocycles. The third kappa shape index (κ3) is 9.20. The van der Waals surface area contributed by atoms with Gasteiger partial charge in [0.05, 0.1) is 0 Å². The van der Waals surface area contributed by atoms with Crippen LogP contribution in [0.15, 0.2) is 0 Å². The maximum absolute atomic E-state index is 10.2. The predicted octanol–water partition coefficient (Wildman–Crippen LogP) is -1.65. The quantitative estimate of drug-likeness (QED) is 0.477. The van der Waals surface area contributed by atoms with Crippen molar-refractivity contribution in [3.63, 3.8) is 0 Å². The molecule has 0 rings (SSSR count). The molecule has 0 aliphatic rings. The van der Waals surface area contributed by atoms with Crippen LogP contribution in [0.5, 0.6) is 0 Å². The number of carbonyl (C=O) groups is 1. The first kappa shape index (κ1) is 15.6. The van der Waals surface area contributed by atoms with Crippen LogP contribution < -0.4 is 56.5 Å². The van der Waals surface area contributed by atoms with E-state index in [2.05, 4.69) is 6.92 Å². The Bertz CT molecular complexity index is 115. The summed E-state index contributed by atoms with van der Waals surface area (Å²) < 4.78 is 0. The van der Waals surface area contributed by atoms with E-state index in [9.17, 15) is 9.90 Å². The first-order valence-electron chi connectivity index (χ1n) is 4.40. The molecule has 0 spiro atoms. The van der Waals surface area contributed by atoms with E-state index in [0.29, 0.717) is 5.92 Å². The summed E-state index contributed by atoms with van der Waals surface area (Å²) in [6.07, 6.45) is 4.49. The van der Waals surface area contributed by atoms with Crippen molar-refractivity contribution in [1.82, 2.24) is 0 Å². The number of aliphatic carboxylic acids is 1. The number of carboxylic acid groups (broad SMARTS) is 1. The molecule has 0 saturated carbocycles. The number of carbonyl (C=O) groups excluding carboxylic acids is 1.